The quantitative estimate of drug-likeness (QED) is 0.570. The molecular weight excluding hydrogens is 372 g/mol. The normalized spacial score (nSPS) is 11.3. The van der Waals surface area contributed by atoms with Gasteiger partial charge in [-0.2, -0.15) is 5.10 Å². The van der Waals surface area contributed by atoms with E-state index in [1.807, 2.05) is 55.9 Å². The van der Waals surface area contributed by atoms with E-state index in [0.717, 1.165) is 29.3 Å². The Kier molecular flexibility index (Phi) is 7.06. The van der Waals surface area contributed by atoms with E-state index in [-0.39, 0.29) is 5.91 Å². The number of carbonyl (C=O) groups excluding carboxylic acids is 1. The van der Waals surface area contributed by atoms with Crippen molar-refractivity contribution in [1.82, 2.24) is 14.7 Å². The van der Waals surface area contributed by atoms with Crippen LogP contribution in [0.1, 0.15) is 48.7 Å². The van der Waals surface area contributed by atoms with E-state index in [9.17, 15) is 4.79 Å². The lowest BCUT2D eigenvalue weighted by molar-refractivity contribution is -0.116. The number of nitrogens with zero attached hydrogens (tertiary/aromatic N) is 3. The van der Waals surface area contributed by atoms with Crippen molar-refractivity contribution in [3.63, 3.8) is 0 Å². The molecule has 3 rings (SSSR count). The van der Waals surface area contributed by atoms with Gasteiger partial charge in [0.05, 0.1) is 22.8 Å². The van der Waals surface area contributed by atoms with Gasteiger partial charge < -0.3 is 10.2 Å². The molecule has 0 saturated carbocycles. The maximum atomic E-state index is 12.6. The van der Waals surface area contributed by atoms with Gasteiger partial charge in [-0.25, -0.2) is 4.68 Å². The third kappa shape index (κ3) is 5.36. The van der Waals surface area contributed by atoms with Gasteiger partial charge in [0.2, 0.25) is 5.91 Å². The topological polar surface area (TPSA) is 50.2 Å². The molecule has 0 aliphatic rings. The number of amides is 1. The maximum absolute atomic E-state index is 12.6. The van der Waals surface area contributed by atoms with Crippen LogP contribution in [0, 0.1) is 13.8 Å². The summed E-state index contributed by atoms with van der Waals surface area (Å²) < 4.78 is 1.87. The van der Waals surface area contributed by atoms with Gasteiger partial charge in [-0.1, -0.05) is 56.3 Å². The third-order valence-corrected chi connectivity index (χ3v) is 5.38. The Balaban J connectivity index is 1.55. The van der Waals surface area contributed by atoms with Crippen LogP contribution in [0.2, 0.25) is 0 Å². The number of benzene rings is 2. The van der Waals surface area contributed by atoms with E-state index < -0.39 is 0 Å². The molecule has 0 radical (unpaired) electrons. The Morgan fingerprint density at radius 2 is 1.73 bits per heavy atom. The molecule has 2 aromatic carbocycles. The van der Waals surface area contributed by atoms with Gasteiger partial charge in [-0.05, 0) is 50.1 Å². The van der Waals surface area contributed by atoms with E-state index in [1.54, 1.807) is 0 Å². The van der Waals surface area contributed by atoms with Gasteiger partial charge in [0.25, 0.3) is 0 Å². The summed E-state index contributed by atoms with van der Waals surface area (Å²) in [5, 5.41) is 7.65. The summed E-state index contributed by atoms with van der Waals surface area (Å²) in [7, 11) is 2.05. The van der Waals surface area contributed by atoms with Crippen LogP contribution in [0.5, 0.6) is 0 Å². The average Bonchev–Trinajstić information content (AvgIpc) is 3.01. The summed E-state index contributed by atoms with van der Waals surface area (Å²) in [5.74, 6) is 0.550. The molecule has 0 fully saturated rings. The Hall–Kier alpha value is -2.92. The van der Waals surface area contributed by atoms with Crippen molar-refractivity contribution < 1.29 is 4.79 Å². The number of aromatic nitrogens is 2. The van der Waals surface area contributed by atoms with Crippen molar-refractivity contribution in [3.8, 4) is 5.69 Å². The van der Waals surface area contributed by atoms with E-state index >= 15 is 0 Å². The van der Waals surface area contributed by atoms with Gasteiger partial charge in [0.15, 0.2) is 0 Å². The Morgan fingerprint density at radius 1 is 1.07 bits per heavy atom. The van der Waals surface area contributed by atoms with Crippen molar-refractivity contribution in [2.75, 3.05) is 18.9 Å². The second-order valence-electron chi connectivity index (χ2n) is 8.23. The first-order valence-corrected chi connectivity index (χ1v) is 10.5. The van der Waals surface area contributed by atoms with Crippen molar-refractivity contribution in [3.05, 3.63) is 77.1 Å². The molecule has 0 aliphatic carbocycles. The van der Waals surface area contributed by atoms with Crippen LogP contribution in [0.15, 0.2) is 54.6 Å². The highest BCUT2D eigenvalue weighted by molar-refractivity contribution is 5.92. The minimum absolute atomic E-state index is 0.0100. The van der Waals surface area contributed by atoms with Gasteiger partial charge in [-0.15, -0.1) is 0 Å². The third-order valence-electron chi connectivity index (χ3n) is 5.38. The second-order valence-corrected chi connectivity index (χ2v) is 8.23. The summed E-state index contributed by atoms with van der Waals surface area (Å²) in [6, 6.07) is 18.7. The molecule has 1 aromatic heterocycles. The number of rotatable bonds is 8. The minimum Gasteiger partial charge on any atom is -0.323 e. The lowest BCUT2D eigenvalue weighted by Crippen LogP contribution is -2.24. The smallest absolute Gasteiger partial charge is 0.225 e. The van der Waals surface area contributed by atoms with Gasteiger partial charge in [-0.3, -0.25) is 4.79 Å². The number of hydrogen-bond donors (Lipinski definition) is 1. The Labute approximate surface area is 179 Å². The van der Waals surface area contributed by atoms with E-state index in [4.69, 9.17) is 0 Å². The summed E-state index contributed by atoms with van der Waals surface area (Å²) in [6.07, 6.45) is 0.440. The zero-order valence-corrected chi connectivity index (χ0v) is 18.6. The highest BCUT2D eigenvalue weighted by atomic mass is 16.1. The molecule has 0 spiro atoms. The van der Waals surface area contributed by atoms with Crippen LogP contribution < -0.4 is 5.32 Å². The second kappa shape index (κ2) is 9.72. The van der Waals surface area contributed by atoms with Gasteiger partial charge in [0.1, 0.15) is 0 Å². The highest BCUT2D eigenvalue weighted by Crippen LogP contribution is 2.23. The monoisotopic (exact) mass is 404 g/mol. The molecule has 3 aromatic rings. The van der Waals surface area contributed by atoms with E-state index in [0.29, 0.717) is 18.9 Å². The first-order valence-electron chi connectivity index (χ1n) is 10.5. The van der Waals surface area contributed by atoms with Crippen LogP contribution in [0.3, 0.4) is 0 Å². The summed E-state index contributed by atoms with van der Waals surface area (Å²) >= 11 is 0. The van der Waals surface area contributed by atoms with Gasteiger partial charge >= 0.3 is 0 Å². The molecule has 0 bridgehead atoms. The molecule has 1 amide bonds. The summed E-state index contributed by atoms with van der Waals surface area (Å²) in [5.41, 5.74) is 6.16. The zero-order chi connectivity index (χ0) is 21.7. The first-order chi connectivity index (χ1) is 14.3. The standard InChI is InChI=1S/C25H32N4O/c1-18(2)22-13-11-21(12-14-22)17-28(5)16-15-24(30)26-25-19(3)27-29(20(25)4)23-9-7-6-8-10-23/h6-14,18H,15-17H2,1-5H3,(H,26,30). The van der Waals surface area contributed by atoms with Crippen molar-refractivity contribution in [1.29, 1.82) is 0 Å². The SMILES string of the molecule is Cc1nn(-c2ccccc2)c(C)c1NC(=O)CCN(C)Cc1ccc(C(C)C)cc1. The molecule has 0 aliphatic heterocycles. The molecule has 5 heteroatoms. The lowest BCUT2D eigenvalue weighted by Gasteiger charge is -2.17. The van der Waals surface area contributed by atoms with Crippen LogP contribution in [-0.2, 0) is 11.3 Å². The number of carbonyl (C=O) groups is 1. The predicted octanol–water partition coefficient (Wildman–Crippen LogP) is 5.07. The van der Waals surface area contributed by atoms with Crippen LogP contribution in [0.25, 0.3) is 5.69 Å². The fraction of sp³-hybridized carbons (Fsp3) is 0.360. The van der Waals surface area contributed by atoms with E-state index in [1.165, 1.54) is 11.1 Å². The Bertz CT molecular complexity index is 974. The Morgan fingerprint density at radius 3 is 2.37 bits per heavy atom. The van der Waals surface area contributed by atoms with Crippen LogP contribution in [0.4, 0.5) is 5.69 Å². The van der Waals surface area contributed by atoms with Crippen LogP contribution >= 0.6 is 0 Å². The van der Waals surface area contributed by atoms with Crippen molar-refractivity contribution >= 4 is 11.6 Å². The van der Waals surface area contributed by atoms with Crippen molar-refractivity contribution in [2.24, 2.45) is 0 Å². The number of anilines is 1. The minimum atomic E-state index is 0.0100. The molecule has 158 valence electrons. The van der Waals surface area contributed by atoms with E-state index in [2.05, 4.69) is 53.4 Å². The molecule has 5 nitrogen and oxygen atoms in total. The maximum Gasteiger partial charge on any atom is 0.225 e. The zero-order valence-electron chi connectivity index (χ0n) is 18.6. The first kappa shape index (κ1) is 21.8. The predicted molar refractivity (Wildman–Crippen MR) is 123 cm³/mol. The number of hydrogen-bond acceptors (Lipinski definition) is 3. The molecule has 0 saturated heterocycles. The summed E-state index contributed by atoms with van der Waals surface area (Å²) in [6.45, 7) is 9.84. The van der Waals surface area contributed by atoms with Gasteiger partial charge in [0, 0.05) is 19.5 Å². The van der Waals surface area contributed by atoms with Crippen LogP contribution in [-0.4, -0.2) is 34.2 Å². The molecular formula is C25H32N4O. The summed E-state index contributed by atoms with van der Waals surface area (Å²) in [4.78, 5) is 14.7. The number of para-hydroxylation sites is 1. The molecule has 0 atom stereocenters. The van der Waals surface area contributed by atoms with Crippen molar-refractivity contribution in [2.45, 2.75) is 46.6 Å². The molecule has 1 N–H and O–H groups in total. The fourth-order valence-electron chi connectivity index (χ4n) is 3.54. The molecule has 0 unspecified atom stereocenters. The molecule has 1 heterocycles. The fourth-order valence-corrected chi connectivity index (χ4v) is 3.54. The molecule has 30 heavy (non-hydrogen) atoms. The highest BCUT2D eigenvalue weighted by Gasteiger charge is 2.15. The average molecular weight is 405 g/mol. The number of nitrogens with one attached hydrogen (secondary N) is 1. The largest absolute Gasteiger partial charge is 0.323 e. The lowest BCUT2D eigenvalue weighted by atomic mass is 10.0. The number of aryl methyl sites for hydroxylation is 1.